The van der Waals surface area contributed by atoms with Gasteiger partial charge in [0.05, 0.1) is 11.6 Å². The molecular weight excluding hydrogens is 266 g/mol. The summed E-state index contributed by atoms with van der Waals surface area (Å²) in [5.41, 5.74) is 4.15. The van der Waals surface area contributed by atoms with Crippen molar-refractivity contribution in [3.05, 3.63) is 27.2 Å². The smallest absolute Gasteiger partial charge is 0.133 e. The van der Waals surface area contributed by atoms with E-state index in [0.717, 1.165) is 23.3 Å². The number of hydrogen-bond donors (Lipinski definition) is 1. The number of aryl methyl sites for hydroxylation is 1. The third-order valence-electron chi connectivity index (χ3n) is 3.41. The van der Waals surface area contributed by atoms with E-state index in [0.29, 0.717) is 5.92 Å². The van der Waals surface area contributed by atoms with E-state index in [4.69, 9.17) is 4.74 Å². The molecule has 0 bridgehead atoms. The Balaban J connectivity index is 2.48. The van der Waals surface area contributed by atoms with Crippen LogP contribution in [0.25, 0.3) is 0 Å². The third kappa shape index (κ3) is 1.98. The van der Waals surface area contributed by atoms with E-state index in [1.54, 1.807) is 7.11 Å². The molecule has 88 valence electrons. The Hall–Kier alpha value is -0.540. The van der Waals surface area contributed by atoms with Crippen LogP contribution in [0.5, 0.6) is 5.75 Å². The van der Waals surface area contributed by atoms with Crippen molar-refractivity contribution in [1.82, 2.24) is 5.32 Å². The summed E-state index contributed by atoms with van der Waals surface area (Å²) in [6, 6.07) is 2.13. The van der Waals surface area contributed by atoms with E-state index in [1.807, 2.05) is 0 Å². The van der Waals surface area contributed by atoms with Crippen LogP contribution in [0.4, 0.5) is 0 Å². The third-order valence-corrected chi connectivity index (χ3v) is 4.40. The highest BCUT2D eigenvalue weighted by Crippen LogP contribution is 2.37. The van der Waals surface area contributed by atoms with Gasteiger partial charge in [-0.25, -0.2) is 0 Å². The zero-order chi connectivity index (χ0) is 11.7. The van der Waals surface area contributed by atoms with Gasteiger partial charge in [0.1, 0.15) is 5.75 Å². The summed E-state index contributed by atoms with van der Waals surface area (Å²) in [7, 11) is 1.72. The summed E-state index contributed by atoms with van der Waals surface area (Å²) in [4.78, 5) is 0. The van der Waals surface area contributed by atoms with E-state index in [9.17, 15) is 0 Å². The highest BCUT2D eigenvalue weighted by atomic mass is 79.9. The first-order valence-electron chi connectivity index (χ1n) is 5.69. The number of halogens is 1. The van der Waals surface area contributed by atoms with Crippen molar-refractivity contribution in [2.24, 2.45) is 0 Å². The van der Waals surface area contributed by atoms with Crippen molar-refractivity contribution in [3.63, 3.8) is 0 Å². The molecule has 1 atom stereocenters. The molecule has 0 aliphatic carbocycles. The second-order valence-electron chi connectivity index (χ2n) is 4.44. The summed E-state index contributed by atoms with van der Waals surface area (Å²) < 4.78 is 6.46. The van der Waals surface area contributed by atoms with Crippen molar-refractivity contribution in [2.75, 3.05) is 20.2 Å². The molecule has 0 amide bonds. The van der Waals surface area contributed by atoms with Gasteiger partial charge in [-0.2, -0.15) is 0 Å². The average Bonchev–Trinajstić information content (AvgIpc) is 2.77. The fraction of sp³-hybridized carbons (Fsp3) is 0.538. The van der Waals surface area contributed by atoms with Crippen LogP contribution in [-0.4, -0.2) is 20.2 Å². The Kier molecular flexibility index (Phi) is 3.55. The van der Waals surface area contributed by atoms with Gasteiger partial charge in [-0.05, 0) is 71.4 Å². The van der Waals surface area contributed by atoms with Crippen LogP contribution in [0.15, 0.2) is 10.5 Å². The van der Waals surface area contributed by atoms with Gasteiger partial charge in [-0.15, -0.1) is 0 Å². The lowest BCUT2D eigenvalue weighted by atomic mass is 9.90. The van der Waals surface area contributed by atoms with Crippen LogP contribution in [0, 0.1) is 13.8 Å². The van der Waals surface area contributed by atoms with Crippen LogP contribution in [0.2, 0.25) is 0 Å². The van der Waals surface area contributed by atoms with Crippen LogP contribution in [0.3, 0.4) is 0 Å². The maximum Gasteiger partial charge on any atom is 0.133 e. The fourth-order valence-electron chi connectivity index (χ4n) is 2.61. The van der Waals surface area contributed by atoms with E-state index in [2.05, 4.69) is 41.2 Å². The molecule has 1 N–H and O–H groups in total. The molecule has 1 aromatic carbocycles. The predicted octanol–water partition coefficient (Wildman–Crippen LogP) is 3.15. The summed E-state index contributed by atoms with van der Waals surface area (Å²) in [5.74, 6) is 1.59. The molecule has 3 heteroatoms. The van der Waals surface area contributed by atoms with Gasteiger partial charge >= 0.3 is 0 Å². The molecular formula is C13H18BrNO. The second kappa shape index (κ2) is 4.76. The maximum absolute atomic E-state index is 5.36. The number of nitrogens with one attached hydrogen (secondary N) is 1. The Morgan fingerprint density at radius 2 is 2.19 bits per heavy atom. The van der Waals surface area contributed by atoms with Gasteiger partial charge in [-0.1, -0.05) is 0 Å². The van der Waals surface area contributed by atoms with Gasteiger partial charge in [0.2, 0.25) is 0 Å². The Labute approximate surface area is 106 Å². The fourth-order valence-corrected chi connectivity index (χ4v) is 3.10. The van der Waals surface area contributed by atoms with Crippen LogP contribution in [-0.2, 0) is 0 Å². The first-order chi connectivity index (χ1) is 7.65. The van der Waals surface area contributed by atoms with Gasteiger partial charge in [-0.3, -0.25) is 0 Å². The highest BCUT2D eigenvalue weighted by molar-refractivity contribution is 9.10. The second-order valence-corrected chi connectivity index (χ2v) is 5.23. The lowest BCUT2D eigenvalue weighted by Gasteiger charge is -2.19. The summed E-state index contributed by atoms with van der Waals surface area (Å²) in [6.45, 7) is 6.58. The molecule has 2 nitrogen and oxygen atoms in total. The Bertz CT molecular complexity index is 397. The monoisotopic (exact) mass is 283 g/mol. The van der Waals surface area contributed by atoms with Crippen LogP contribution in [0.1, 0.15) is 29.0 Å². The number of rotatable bonds is 2. The minimum Gasteiger partial charge on any atom is -0.496 e. The molecule has 16 heavy (non-hydrogen) atoms. The van der Waals surface area contributed by atoms with Crippen LogP contribution < -0.4 is 10.1 Å². The average molecular weight is 284 g/mol. The standard InChI is InChI=1S/C13H18BrNO/c1-8-6-11(16-3)13(14)9(2)12(8)10-4-5-15-7-10/h6,10,15H,4-5,7H2,1-3H3. The van der Waals surface area contributed by atoms with E-state index in [-0.39, 0.29) is 0 Å². The van der Waals surface area contributed by atoms with Crippen molar-refractivity contribution in [2.45, 2.75) is 26.2 Å². The van der Waals surface area contributed by atoms with E-state index < -0.39 is 0 Å². The number of hydrogen-bond acceptors (Lipinski definition) is 2. The molecule has 1 heterocycles. The van der Waals surface area contributed by atoms with E-state index >= 15 is 0 Å². The van der Waals surface area contributed by atoms with Crippen molar-refractivity contribution in [1.29, 1.82) is 0 Å². The quantitative estimate of drug-likeness (QED) is 0.900. The van der Waals surface area contributed by atoms with Gasteiger partial charge in [0.15, 0.2) is 0 Å². The number of methoxy groups -OCH3 is 1. The number of benzene rings is 1. The molecule has 1 saturated heterocycles. The molecule has 1 unspecified atom stereocenters. The summed E-state index contributed by atoms with van der Waals surface area (Å²) >= 11 is 3.63. The van der Waals surface area contributed by atoms with E-state index in [1.165, 1.54) is 23.1 Å². The molecule has 2 rings (SSSR count). The first kappa shape index (κ1) is 11.9. The molecule has 1 fully saturated rings. The van der Waals surface area contributed by atoms with Crippen molar-refractivity contribution < 1.29 is 4.74 Å². The molecule has 1 aliphatic heterocycles. The molecule has 0 radical (unpaired) electrons. The first-order valence-corrected chi connectivity index (χ1v) is 6.48. The van der Waals surface area contributed by atoms with Crippen molar-refractivity contribution in [3.8, 4) is 5.75 Å². The highest BCUT2D eigenvalue weighted by Gasteiger charge is 2.22. The summed E-state index contributed by atoms with van der Waals surface area (Å²) in [6.07, 6.45) is 1.24. The van der Waals surface area contributed by atoms with Gasteiger partial charge in [0.25, 0.3) is 0 Å². The summed E-state index contributed by atoms with van der Waals surface area (Å²) in [5, 5.41) is 3.43. The SMILES string of the molecule is COc1cc(C)c(C2CCNC2)c(C)c1Br. The van der Waals surface area contributed by atoms with Crippen LogP contribution >= 0.6 is 15.9 Å². The number of ether oxygens (including phenoxy) is 1. The van der Waals surface area contributed by atoms with Gasteiger partial charge < -0.3 is 10.1 Å². The lowest BCUT2D eigenvalue weighted by Crippen LogP contribution is -2.10. The minimum absolute atomic E-state index is 0.655. The zero-order valence-electron chi connectivity index (χ0n) is 10.1. The predicted molar refractivity (Wildman–Crippen MR) is 70.4 cm³/mol. The minimum atomic E-state index is 0.655. The normalized spacial score (nSPS) is 20.1. The van der Waals surface area contributed by atoms with Crippen molar-refractivity contribution >= 4 is 15.9 Å². The molecule has 0 saturated carbocycles. The lowest BCUT2D eigenvalue weighted by molar-refractivity contribution is 0.411. The topological polar surface area (TPSA) is 21.3 Å². The maximum atomic E-state index is 5.36. The Morgan fingerprint density at radius 1 is 1.44 bits per heavy atom. The molecule has 0 spiro atoms. The molecule has 1 aliphatic rings. The van der Waals surface area contributed by atoms with Gasteiger partial charge in [0, 0.05) is 6.54 Å². The largest absolute Gasteiger partial charge is 0.496 e. The Morgan fingerprint density at radius 3 is 2.75 bits per heavy atom. The molecule has 1 aromatic rings. The molecule has 0 aromatic heterocycles. The zero-order valence-corrected chi connectivity index (χ0v) is 11.6.